The molecule has 0 atom stereocenters. The molecule has 0 spiro atoms. The van der Waals surface area contributed by atoms with Gasteiger partial charge in [0.2, 0.25) is 0 Å². The van der Waals surface area contributed by atoms with Gasteiger partial charge in [-0.05, 0) is 38.6 Å². The lowest BCUT2D eigenvalue weighted by Crippen LogP contribution is -2.34. The third-order valence-corrected chi connectivity index (χ3v) is 2.62. The van der Waals surface area contributed by atoms with Gasteiger partial charge in [-0.2, -0.15) is 0 Å². The van der Waals surface area contributed by atoms with Crippen molar-refractivity contribution in [3.63, 3.8) is 0 Å². The van der Waals surface area contributed by atoms with E-state index in [0.29, 0.717) is 18.6 Å². The van der Waals surface area contributed by atoms with Crippen molar-refractivity contribution in [1.82, 2.24) is 5.32 Å². The average Bonchev–Trinajstić information content (AvgIpc) is 2.06. The maximum absolute atomic E-state index is 11.7. The van der Waals surface area contributed by atoms with Crippen LogP contribution in [0, 0.1) is 5.92 Å². The Bertz CT molecular complexity index is 149. The molecule has 0 unspecified atom stereocenters. The molecule has 1 aliphatic carbocycles. The van der Waals surface area contributed by atoms with Crippen LogP contribution in [0.5, 0.6) is 0 Å². The van der Waals surface area contributed by atoms with Gasteiger partial charge in [-0.1, -0.05) is 0 Å². The molecule has 4 heteroatoms. The summed E-state index contributed by atoms with van der Waals surface area (Å²) in [4.78, 5) is 0. The van der Waals surface area contributed by atoms with E-state index in [9.17, 15) is 8.78 Å². The summed E-state index contributed by atoms with van der Waals surface area (Å²) in [5.41, 5.74) is 0. The predicted molar refractivity (Wildman–Crippen MR) is 51.6 cm³/mol. The number of halogens is 2. The second kappa shape index (κ2) is 6.30. The third-order valence-electron chi connectivity index (χ3n) is 2.62. The molecule has 14 heavy (non-hydrogen) atoms. The first-order valence-electron chi connectivity index (χ1n) is 5.32. The first-order valence-corrected chi connectivity index (χ1v) is 5.32. The Kier molecular flexibility index (Phi) is 5.33. The summed E-state index contributed by atoms with van der Waals surface area (Å²) < 4.78 is 28.9. The lowest BCUT2D eigenvalue weighted by atomic mass is 9.80. The van der Waals surface area contributed by atoms with Gasteiger partial charge >= 0.3 is 0 Å². The first-order chi connectivity index (χ1) is 6.72. The van der Waals surface area contributed by atoms with Gasteiger partial charge in [0.05, 0.1) is 12.6 Å². The maximum Gasteiger partial charge on any atom is 0.250 e. The molecule has 0 bridgehead atoms. The average molecular weight is 207 g/mol. The Morgan fingerprint density at radius 1 is 1.43 bits per heavy atom. The quantitative estimate of drug-likeness (QED) is 0.645. The second-order valence-electron chi connectivity index (χ2n) is 3.80. The molecule has 84 valence electrons. The monoisotopic (exact) mass is 207 g/mol. The molecular formula is C10H19F2NO. The molecular weight excluding hydrogens is 188 g/mol. The van der Waals surface area contributed by atoms with Gasteiger partial charge in [0, 0.05) is 6.61 Å². The van der Waals surface area contributed by atoms with E-state index in [-0.39, 0.29) is 6.54 Å². The molecule has 1 aliphatic rings. The fourth-order valence-electron chi connectivity index (χ4n) is 1.80. The zero-order valence-electron chi connectivity index (χ0n) is 8.64. The van der Waals surface area contributed by atoms with Gasteiger partial charge in [0.25, 0.3) is 6.43 Å². The minimum atomic E-state index is -2.23. The Labute approximate surface area is 84.0 Å². The van der Waals surface area contributed by atoms with Crippen molar-refractivity contribution in [3.05, 3.63) is 0 Å². The van der Waals surface area contributed by atoms with E-state index in [1.165, 1.54) is 0 Å². The Morgan fingerprint density at radius 3 is 2.71 bits per heavy atom. The summed E-state index contributed by atoms with van der Waals surface area (Å²) >= 11 is 0. The standard InChI is InChI=1S/C10H19F2NO/c1-2-14-9-5-8(6-9)3-4-13-7-10(11)12/h8-10,13H,2-7H2,1H3. The molecule has 0 aromatic heterocycles. The van der Waals surface area contributed by atoms with Crippen LogP contribution in [-0.2, 0) is 4.74 Å². The summed E-state index contributed by atoms with van der Waals surface area (Å²) in [5, 5.41) is 2.74. The van der Waals surface area contributed by atoms with E-state index in [4.69, 9.17) is 4.74 Å². The topological polar surface area (TPSA) is 21.3 Å². The predicted octanol–water partition coefficient (Wildman–Crippen LogP) is 2.05. The van der Waals surface area contributed by atoms with Crippen LogP contribution in [0.4, 0.5) is 8.78 Å². The van der Waals surface area contributed by atoms with E-state index in [0.717, 1.165) is 25.9 Å². The summed E-state index contributed by atoms with van der Waals surface area (Å²) in [6, 6.07) is 0. The molecule has 0 aromatic rings. The molecule has 1 fully saturated rings. The van der Waals surface area contributed by atoms with E-state index in [1.54, 1.807) is 0 Å². The van der Waals surface area contributed by atoms with Crippen molar-refractivity contribution in [2.45, 2.75) is 38.7 Å². The lowest BCUT2D eigenvalue weighted by Gasteiger charge is -2.35. The number of nitrogens with one attached hydrogen (secondary N) is 1. The van der Waals surface area contributed by atoms with Crippen LogP contribution >= 0.6 is 0 Å². The largest absolute Gasteiger partial charge is 0.378 e. The minimum absolute atomic E-state index is 0.179. The fourth-order valence-corrected chi connectivity index (χ4v) is 1.80. The van der Waals surface area contributed by atoms with Gasteiger partial charge in [-0.15, -0.1) is 0 Å². The van der Waals surface area contributed by atoms with Crippen LogP contribution in [0.3, 0.4) is 0 Å². The highest BCUT2D eigenvalue weighted by Gasteiger charge is 2.28. The van der Waals surface area contributed by atoms with Gasteiger partial charge in [0.1, 0.15) is 0 Å². The molecule has 1 saturated carbocycles. The van der Waals surface area contributed by atoms with Crippen LogP contribution in [0.2, 0.25) is 0 Å². The molecule has 0 heterocycles. The highest BCUT2D eigenvalue weighted by Crippen LogP contribution is 2.32. The van der Waals surface area contributed by atoms with Crippen molar-refractivity contribution in [2.75, 3.05) is 19.7 Å². The maximum atomic E-state index is 11.7. The summed E-state index contributed by atoms with van der Waals surface area (Å²) in [6.45, 7) is 3.30. The molecule has 0 aliphatic heterocycles. The van der Waals surface area contributed by atoms with E-state index in [2.05, 4.69) is 5.32 Å². The molecule has 1 rings (SSSR count). The molecule has 0 saturated heterocycles. The van der Waals surface area contributed by atoms with Gasteiger partial charge in [-0.3, -0.25) is 0 Å². The highest BCUT2D eigenvalue weighted by molar-refractivity contribution is 4.80. The molecule has 0 radical (unpaired) electrons. The summed E-state index contributed by atoms with van der Waals surface area (Å²) in [7, 11) is 0. The Hall–Kier alpha value is -0.220. The van der Waals surface area contributed by atoms with Crippen molar-refractivity contribution >= 4 is 0 Å². The normalized spacial score (nSPS) is 26.6. The Morgan fingerprint density at radius 2 is 2.14 bits per heavy atom. The molecule has 1 N–H and O–H groups in total. The van der Waals surface area contributed by atoms with E-state index < -0.39 is 6.43 Å². The van der Waals surface area contributed by atoms with Gasteiger partial charge < -0.3 is 10.1 Å². The SMILES string of the molecule is CCOC1CC(CCNCC(F)F)C1. The second-order valence-corrected chi connectivity index (χ2v) is 3.80. The third kappa shape index (κ3) is 4.33. The smallest absolute Gasteiger partial charge is 0.250 e. The van der Waals surface area contributed by atoms with E-state index >= 15 is 0 Å². The zero-order valence-corrected chi connectivity index (χ0v) is 8.64. The van der Waals surface area contributed by atoms with Crippen LogP contribution in [-0.4, -0.2) is 32.2 Å². The van der Waals surface area contributed by atoms with Crippen molar-refractivity contribution in [1.29, 1.82) is 0 Å². The van der Waals surface area contributed by atoms with E-state index in [1.807, 2.05) is 6.92 Å². The van der Waals surface area contributed by atoms with Gasteiger partial charge in [-0.25, -0.2) is 8.78 Å². The van der Waals surface area contributed by atoms with Crippen LogP contribution in [0.1, 0.15) is 26.2 Å². The summed E-state index contributed by atoms with van der Waals surface area (Å²) in [5.74, 6) is 0.678. The number of alkyl halides is 2. The minimum Gasteiger partial charge on any atom is -0.378 e. The zero-order chi connectivity index (χ0) is 10.4. The van der Waals surface area contributed by atoms with Crippen LogP contribution < -0.4 is 5.32 Å². The number of ether oxygens (including phenoxy) is 1. The molecule has 0 aromatic carbocycles. The lowest BCUT2D eigenvalue weighted by molar-refractivity contribution is -0.0265. The van der Waals surface area contributed by atoms with Crippen molar-refractivity contribution < 1.29 is 13.5 Å². The van der Waals surface area contributed by atoms with Crippen LogP contribution in [0.15, 0.2) is 0 Å². The molecule has 0 amide bonds. The summed E-state index contributed by atoms with van der Waals surface area (Å²) in [6.07, 6.45) is 1.40. The van der Waals surface area contributed by atoms with Crippen molar-refractivity contribution in [3.8, 4) is 0 Å². The van der Waals surface area contributed by atoms with Crippen LogP contribution in [0.25, 0.3) is 0 Å². The number of hydrogen-bond donors (Lipinski definition) is 1. The number of rotatable bonds is 7. The molecule has 2 nitrogen and oxygen atoms in total. The van der Waals surface area contributed by atoms with Crippen molar-refractivity contribution in [2.24, 2.45) is 5.92 Å². The number of hydrogen-bond acceptors (Lipinski definition) is 2. The fraction of sp³-hybridized carbons (Fsp3) is 1.00. The Balaban J connectivity index is 1.86. The van der Waals surface area contributed by atoms with Gasteiger partial charge in [0.15, 0.2) is 0 Å². The first kappa shape index (κ1) is 11.9. The highest BCUT2D eigenvalue weighted by atomic mass is 19.3.